The first-order chi connectivity index (χ1) is 16.6. The third-order valence-corrected chi connectivity index (χ3v) is 11.8. The molecule has 5 aliphatic rings. The van der Waals surface area contributed by atoms with Crippen LogP contribution in [-0.2, 0) is 9.47 Å². The van der Waals surface area contributed by atoms with Crippen molar-refractivity contribution in [3.8, 4) is 0 Å². The second-order valence-electron chi connectivity index (χ2n) is 14.0. The van der Waals surface area contributed by atoms with Gasteiger partial charge in [-0.1, -0.05) is 40.7 Å². The maximum Gasteiger partial charge on any atom is 0.102 e. The van der Waals surface area contributed by atoms with E-state index in [2.05, 4.69) is 40.7 Å². The van der Waals surface area contributed by atoms with Crippen LogP contribution in [0.15, 0.2) is 11.6 Å². The third-order valence-electron chi connectivity index (χ3n) is 11.8. The van der Waals surface area contributed by atoms with Gasteiger partial charge in [0.1, 0.15) is 6.10 Å². The minimum atomic E-state index is -0.437. The van der Waals surface area contributed by atoms with Crippen molar-refractivity contribution in [2.45, 2.75) is 111 Å². The molecule has 4 aliphatic carbocycles. The molecule has 4 nitrogen and oxygen atoms in total. The zero-order valence-corrected chi connectivity index (χ0v) is 23.0. The monoisotopic (exact) mass is 488 g/mol. The van der Waals surface area contributed by atoms with Crippen LogP contribution in [0.1, 0.15) is 92.4 Å². The van der Waals surface area contributed by atoms with Gasteiger partial charge in [-0.3, -0.25) is 0 Å². The fraction of sp³-hybridized carbons (Fsp3) is 0.935. The molecule has 2 N–H and O–H groups in total. The lowest BCUT2D eigenvalue weighted by atomic mass is 9.46. The number of hydrogen-bond donors (Lipinski definition) is 2. The average Bonchev–Trinajstić information content (AvgIpc) is 3.15. The Morgan fingerprint density at radius 3 is 2.49 bits per heavy atom. The first-order valence-corrected chi connectivity index (χ1v) is 14.9. The van der Waals surface area contributed by atoms with Crippen LogP contribution < -0.4 is 0 Å². The fourth-order valence-corrected chi connectivity index (χ4v) is 9.46. The maximum absolute atomic E-state index is 11.4. The molecule has 0 aromatic carbocycles. The van der Waals surface area contributed by atoms with Crippen LogP contribution in [0.5, 0.6) is 0 Å². The molecular weight excluding hydrogens is 436 g/mol. The summed E-state index contributed by atoms with van der Waals surface area (Å²) in [6.45, 7) is 14.2. The number of ether oxygens (including phenoxy) is 2. The number of hydrogen-bond acceptors (Lipinski definition) is 4. The van der Waals surface area contributed by atoms with Crippen molar-refractivity contribution in [2.24, 2.45) is 52.3 Å². The van der Waals surface area contributed by atoms with E-state index in [-0.39, 0.29) is 17.6 Å². The first kappa shape index (κ1) is 26.2. The summed E-state index contributed by atoms with van der Waals surface area (Å²) in [4.78, 5) is 0. The van der Waals surface area contributed by atoms with E-state index in [0.29, 0.717) is 29.1 Å². The summed E-state index contributed by atoms with van der Waals surface area (Å²) in [5.41, 5.74) is 1.87. The zero-order chi connectivity index (χ0) is 25.0. The normalized spacial score (nSPS) is 45.2. The molecule has 0 amide bonds. The third kappa shape index (κ3) is 4.57. The summed E-state index contributed by atoms with van der Waals surface area (Å²) < 4.78 is 11.5. The van der Waals surface area contributed by atoms with Crippen molar-refractivity contribution >= 4 is 0 Å². The molecule has 4 fully saturated rings. The van der Waals surface area contributed by atoms with Gasteiger partial charge >= 0.3 is 0 Å². The van der Waals surface area contributed by atoms with Gasteiger partial charge in [0.05, 0.1) is 32.0 Å². The Labute approximate surface area is 214 Å². The van der Waals surface area contributed by atoms with E-state index < -0.39 is 6.10 Å². The smallest absolute Gasteiger partial charge is 0.102 e. The molecule has 1 saturated heterocycles. The quantitative estimate of drug-likeness (QED) is 0.411. The molecule has 0 spiro atoms. The van der Waals surface area contributed by atoms with Gasteiger partial charge in [-0.15, -0.1) is 0 Å². The summed E-state index contributed by atoms with van der Waals surface area (Å²) in [5.74, 6) is 4.62. The Balaban J connectivity index is 1.26. The topological polar surface area (TPSA) is 58.9 Å². The summed E-state index contributed by atoms with van der Waals surface area (Å²) >= 11 is 0. The van der Waals surface area contributed by atoms with Crippen LogP contribution in [0.4, 0.5) is 0 Å². The van der Waals surface area contributed by atoms with Crippen molar-refractivity contribution < 1.29 is 19.7 Å². The molecule has 1 heterocycles. The van der Waals surface area contributed by atoms with Crippen molar-refractivity contribution in [1.29, 1.82) is 0 Å². The van der Waals surface area contributed by atoms with Gasteiger partial charge < -0.3 is 19.7 Å². The van der Waals surface area contributed by atoms with E-state index in [0.717, 1.165) is 69.7 Å². The highest BCUT2D eigenvalue weighted by Gasteiger charge is 2.60. The molecule has 1 aliphatic heterocycles. The fourth-order valence-electron chi connectivity index (χ4n) is 9.46. The number of aliphatic hydroxyl groups excluding tert-OH is 2. The Kier molecular flexibility index (Phi) is 7.52. The highest BCUT2D eigenvalue weighted by atomic mass is 16.5. The Hall–Kier alpha value is -0.420. The van der Waals surface area contributed by atoms with E-state index in [1.54, 1.807) is 0 Å². The highest BCUT2D eigenvalue weighted by molar-refractivity contribution is 5.29. The van der Waals surface area contributed by atoms with Crippen molar-refractivity contribution in [1.82, 2.24) is 0 Å². The van der Waals surface area contributed by atoms with Crippen LogP contribution in [0.2, 0.25) is 0 Å². The molecule has 0 bridgehead atoms. The molecule has 10 atom stereocenters. The van der Waals surface area contributed by atoms with E-state index in [4.69, 9.17) is 9.47 Å². The molecule has 5 rings (SSSR count). The lowest BCUT2D eigenvalue weighted by Crippen LogP contribution is -2.54. The lowest BCUT2D eigenvalue weighted by Gasteiger charge is -2.59. The van der Waals surface area contributed by atoms with Crippen LogP contribution in [0.3, 0.4) is 0 Å². The second-order valence-corrected chi connectivity index (χ2v) is 14.0. The number of allylic oxidation sites excluding steroid dienone is 1. The maximum atomic E-state index is 11.4. The summed E-state index contributed by atoms with van der Waals surface area (Å²) in [7, 11) is 0. The molecule has 0 aromatic heterocycles. The molecule has 4 heteroatoms. The molecule has 0 aromatic rings. The van der Waals surface area contributed by atoms with Crippen LogP contribution >= 0.6 is 0 Å². The first-order valence-electron chi connectivity index (χ1n) is 14.9. The van der Waals surface area contributed by atoms with E-state index in [9.17, 15) is 10.2 Å². The van der Waals surface area contributed by atoms with Gasteiger partial charge in [-0.25, -0.2) is 0 Å². The lowest BCUT2D eigenvalue weighted by molar-refractivity contribution is -0.128. The minimum Gasteiger partial charge on any atom is -0.393 e. The van der Waals surface area contributed by atoms with Gasteiger partial charge in [-0.2, -0.15) is 0 Å². The molecular formula is C31H52O4. The molecule has 0 unspecified atom stereocenters. The van der Waals surface area contributed by atoms with Gasteiger partial charge in [0.2, 0.25) is 0 Å². The van der Waals surface area contributed by atoms with Crippen LogP contribution in [0.25, 0.3) is 0 Å². The predicted octanol–water partition coefficient (Wildman–Crippen LogP) is 6.00. The van der Waals surface area contributed by atoms with Gasteiger partial charge in [0, 0.05) is 5.92 Å². The zero-order valence-electron chi connectivity index (χ0n) is 23.0. The molecule has 200 valence electrons. The van der Waals surface area contributed by atoms with Crippen molar-refractivity contribution in [3.63, 3.8) is 0 Å². The molecule has 3 saturated carbocycles. The standard InChI is InChI=1S/C31H52O4/c1-19(2)27(32)11-6-20(3)23-9-10-24-22-7-8-26-29(33)28(35-18-21-16-34-17-21)13-15-31(26,5)25(22)12-14-30(23,24)4/h8,19-25,27-29,32-33H,6-7,9-18H2,1-5H3/t20-,22+,23-,24+,25+,27+,28+,29-,30-,31-/m1/s1. The van der Waals surface area contributed by atoms with Gasteiger partial charge in [0.25, 0.3) is 0 Å². The van der Waals surface area contributed by atoms with E-state index in [1.807, 2.05) is 0 Å². The molecule has 35 heavy (non-hydrogen) atoms. The largest absolute Gasteiger partial charge is 0.393 e. The number of fused-ring (bicyclic) bond motifs is 5. The predicted molar refractivity (Wildman–Crippen MR) is 140 cm³/mol. The molecule has 0 radical (unpaired) electrons. The Bertz CT molecular complexity index is 774. The minimum absolute atomic E-state index is 0.0433. The second kappa shape index (κ2) is 10.0. The summed E-state index contributed by atoms with van der Waals surface area (Å²) in [5, 5.41) is 21.8. The summed E-state index contributed by atoms with van der Waals surface area (Å²) in [6.07, 6.45) is 12.6. The average molecular weight is 489 g/mol. The van der Waals surface area contributed by atoms with E-state index in [1.165, 1.54) is 31.3 Å². The van der Waals surface area contributed by atoms with Gasteiger partial charge in [-0.05, 0) is 110 Å². The number of aliphatic hydroxyl groups is 2. The van der Waals surface area contributed by atoms with Crippen LogP contribution in [0, 0.1) is 52.3 Å². The van der Waals surface area contributed by atoms with Crippen molar-refractivity contribution in [3.05, 3.63) is 11.6 Å². The van der Waals surface area contributed by atoms with Crippen molar-refractivity contribution in [2.75, 3.05) is 19.8 Å². The Morgan fingerprint density at radius 2 is 1.80 bits per heavy atom. The Morgan fingerprint density at radius 1 is 1.03 bits per heavy atom. The van der Waals surface area contributed by atoms with Gasteiger partial charge in [0.15, 0.2) is 0 Å². The SMILES string of the molecule is CC(C)[C@@H](O)CC[C@@H](C)[C@H]1CC[C@H]2[C@@H]3CC=C4[C@@H](O)[C@@H](OCC5COC5)CC[C@]4(C)[C@H]3CC[C@]12C. The van der Waals surface area contributed by atoms with E-state index >= 15 is 0 Å². The number of rotatable bonds is 8. The highest BCUT2D eigenvalue weighted by Crippen LogP contribution is 2.67. The van der Waals surface area contributed by atoms with Crippen LogP contribution in [-0.4, -0.2) is 48.3 Å². The summed E-state index contributed by atoms with van der Waals surface area (Å²) in [6, 6.07) is 0.